The van der Waals surface area contributed by atoms with E-state index < -0.39 is 5.91 Å². The highest BCUT2D eigenvalue weighted by atomic mass is 32.1. The maximum absolute atomic E-state index is 11.2. The van der Waals surface area contributed by atoms with E-state index in [0.29, 0.717) is 17.9 Å². The van der Waals surface area contributed by atoms with Gasteiger partial charge in [0.05, 0.1) is 12.1 Å². The quantitative estimate of drug-likeness (QED) is 0.852. The Labute approximate surface area is 108 Å². The van der Waals surface area contributed by atoms with E-state index in [9.17, 15) is 4.79 Å². The molecule has 0 saturated heterocycles. The number of aryl methyl sites for hydroxylation is 2. The minimum Gasteiger partial charge on any atom is -0.383 e. The lowest BCUT2D eigenvalue weighted by atomic mass is 10.2. The van der Waals surface area contributed by atoms with Crippen molar-refractivity contribution in [3.8, 4) is 0 Å². The number of carbonyl (C=O) groups is 1. The number of thiazole rings is 1. The standard InChI is InChI=1S/C11H13N5OS/c1-5-4-18-8(14-5)3-7-15-6(2)9(11(13)17)10(12)16-7/h4H,3H2,1-2H3,(H2,13,17)(H2,12,15,16). The van der Waals surface area contributed by atoms with Crippen molar-refractivity contribution in [2.75, 3.05) is 5.73 Å². The van der Waals surface area contributed by atoms with Crippen LogP contribution in [-0.2, 0) is 6.42 Å². The van der Waals surface area contributed by atoms with Gasteiger partial charge in [0.2, 0.25) is 0 Å². The number of rotatable bonds is 3. The smallest absolute Gasteiger partial charge is 0.254 e. The third-order valence-electron chi connectivity index (χ3n) is 2.39. The fourth-order valence-electron chi connectivity index (χ4n) is 1.66. The Bertz CT molecular complexity index is 584. The Morgan fingerprint density at radius 3 is 2.56 bits per heavy atom. The second-order valence-corrected chi connectivity index (χ2v) is 4.85. The fraction of sp³-hybridized carbons (Fsp3) is 0.273. The predicted molar refractivity (Wildman–Crippen MR) is 69.4 cm³/mol. The number of hydrogen-bond donors (Lipinski definition) is 2. The van der Waals surface area contributed by atoms with Gasteiger partial charge in [0, 0.05) is 11.1 Å². The molecule has 0 aliphatic heterocycles. The molecule has 0 atom stereocenters. The molecule has 0 bridgehead atoms. The molecule has 0 fully saturated rings. The van der Waals surface area contributed by atoms with E-state index >= 15 is 0 Å². The maximum atomic E-state index is 11.2. The molecule has 1 amide bonds. The summed E-state index contributed by atoms with van der Waals surface area (Å²) in [5, 5.41) is 2.88. The van der Waals surface area contributed by atoms with Crippen molar-refractivity contribution >= 4 is 23.1 Å². The number of nitrogen functional groups attached to an aromatic ring is 1. The zero-order valence-electron chi connectivity index (χ0n) is 10.1. The van der Waals surface area contributed by atoms with Crippen LogP contribution < -0.4 is 11.5 Å². The summed E-state index contributed by atoms with van der Waals surface area (Å²) in [6.07, 6.45) is 0.503. The van der Waals surface area contributed by atoms with Gasteiger partial charge in [-0.2, -0.15) is 0 Å². The highest BCUT2D eigenvalue weighted by molar-refractivity contribution is 7.09. The van der Waals surface area contributed by atoms with Crippen molar-refractivity contribution in [2.45, 2.75) is 20.3 Å². The van der Waals surface area contributed by atoms with Gasteiger partial charge in [0.15, 0.2) is 0 Å². The number of nitrogens with two attached hydrogens (primary N) is 2. The third-order valence-corrected chi connectivity index (χ3v) is 3.35. The molecular weight excluding hydrogens is 250 g/mol. The molecule has 0 aliphatic carbocycles. The minimum absolute atomic E-state index is 0.123. The lowest BCUT2D eigenvalue weighted by Gasteiger charge is -2.06. The average molecular weight is 263 g/mol. The van der Waals surface area contributed by atoms with Gasteiger partial charge in [-0.15, -0.1) is 11.3 Å². The Balaban J connectivity index is 2.33. The average Bonchev–Trinajstić information content (AvgIpc) is 2.62. The number of hydrogen-bond acceptors (Lipinski definition) is 6. The zero-order valence-corrected chi connectivity index (χ0v) is 10.9. The minimum atomic E-state index is -0.610. The molecule has 2 heterocycles. The molecule has 4 N–H and O–H groups in total. The molecule has 0 radical (unpaired) electrons. The molecule has 0 aliphatic rings. The van der Waals surface area contributed by atoms with E-state index in [4.69, 9.17) is 11.5 Å². The molecule has 2 rings (SSSR count). The van der Waals surface area contributed by atoms with Crippen LogP contribution in [0.25, 0.3) is 0 Å². The highest BCUT2D eigenvalue weighted by Crippen LogP contribution is 2.16. The first-order valence-corrected chi connectivity index (χ1v) is 6.19. The Morgan fingerprint density at radius 2 is 2.06 bits per heavy atom. The second-order valence-electron chi connectivity index (χ2n) is 3.91. The van der Waals surface area contributed by atoms with Crippen molar-refractivity contribution in [3.05, 3.63) is 33.2 Å². The summed E-state index contributed by atoms with van der Waals surface area (Å²) in [5.41, 5.74) is 12.6. The molecule has 2 aromatic heterocycles. The topological polar surface area (TPSA) is 108 Å². The van der Waals surface area contributed by atoms with Gasteiger partial charge in [0.1, 0.15) is 22.2 Å². The van der Waals surface area contributed by atoms with Crippen LogP contribution in [0.15, 0.2) is 5.38 Å². The normalized spacial score (nSPS) is 10.6. The van der Waals surface area contributed by atoms with Crippen LogP contribution in [0.2, 0.25) is 0 Å². The van der Waals surface area contributed by atoms with Crippen molar-refractivity contribution in [1.29, 1.82) is 0 Å². The van der Waals surface area contributed by atoms with E-state index in [2.05, 4.69) is 15.0 Å². The van der Waals surface area contributed by atoms with E-state index in [1.807, 2.05) is 12.3 Å². The highest BCUT2D eigenvalue weighted by Gasteiger charge is 2.14. The molecule has 0 saturated carbocycles. The summed E-state index contributed by atoms with van der Waals surface area (Å²) in [6.45, 7) is 3.62. The Morgan fingerprint density at radius 1 is 1.33 bits per heavy atom. The first-order chi connectivity index (χ1) is 8.47. The van der Waals surface area contributed by atoms with Crippen molar-refractivity contribution in [1.82, 2.24) is 15.0 Å². The van der Waals surface area contributed by atoms with E-state index in [1.54, 1.807) is 18.3 Å². The van der Waals surface area contributed by atoms with Crippen LogP contribution in [0, 0.1) is 13.8 Å². The number of anilines is 1. The molecule has 18 heavy (non-hydrogen) atoms. The molecule has 6 nitrogen and oxygen atoms in total. The number of amides is 1. The third kappa shape index (κ3) is 2.45. The van der Waals surface area contributed by atoms with Crippen LogP contribution in [0.5, 0.6) is 0 Å². The monoisotopic (exact) mass is 263 g/mol. The Kier molecular flexibility index (Phi) is 3.24. The van der Waals surface area contributed by atoms with Crippen molar-refractivity contribution in [3.63, 3.8) is 0 Å². The van der Waals surface area contributed by atoms with Gasteiger partial charge in [0.25, 0.3) is 5.91 Å². The first-order valence-electron chi connectivity index (χ1n) is 5.31. The van der Waals surface area contributed by atoms with E-state index in [1.165, 1.54) is 0 Å². The van der Waals surface area contributed by atoms with E-state index in [0.717, 1.165) is 10.7 Å². The number of aromatic nitrogens is 3. The predicted octanol–water partition coefficient (Wildman–Crippen LogP) is 0.822. The molecule has 0 aromatic carbocycles. The van der Waals surface area contributed by atoms with Crippen LogP contribution in [0.3, 0.4) is 0 Å². The number of nitrogens with zero attached hydrogens (tertiary/aromatic N) is 3. The second kappa shape index (κ2) is 4.69. The lowest BCUT2D eigenvalue weighted by molar-refractivity contribution is 0.1000. The number of carbonyl (C=O) groups excluding carboxylic acids is 1. The summed E-state index contributed by atoms with van der Waals surface area (Å²) in [7, 11) is 0. The zero-order chi connectivity index (χ0) is 13.3. The largest absolute Gasteiger partial charge is 0.383 e. The summed E-state index contributed by atoms with van der Waals surface area (Å²) in [4.78, 5) is 23.8. The van der Waals surface area contributed by atoms with Crippen LogP contribution in [0.1, 0.15) is 32.6 Å². The molecule has 7 heteroatoms. The van der Waals surface area contributed by atoms with Gasteiger partial charge in [-0.05, 0) is 13.8 Å². The van der Waals surface area contributed by atoms with Crippen molar-refractivity contribution in [2.24, 2.45) is 5.73 Å². The summed E-state index contributed by atoms with van der Waals surface area (Å²) >= 11 is 1.54. The molecule has 94 valence electrons. The maximum Gasteiger partial charge on any atom is 0.254 e. The van der Waals surface area contributed by atoms with Crippen LogP contribution in [0.4, 0.5) is 5.82 Å². The first kappa shape index (κ1) is 12.4. The van der Waals surface area contributed by atoms with Gasteiger partial charge >= 0.3 is 0 Å². The van der Waals surface area contributed by atoms with Gasteiger partial charge in [-0.25, -0.2) is 15.0 Å². The number of primary amides is 1. The molecule has 0 unspecified atom stereocenters. The fourth-order valence-corrected chi connectivity index (χ4v) is 2.43. The SMILES string of the molecule is Cc1csc(Cc2nc(C)c(C(N)=O)c(N)n2)n1. The summed E-state index contributed by atoms with van der Waals surface area (Å²) in [6, 6.07) is 0. The molecule has 0 spiro atoms. The summed E-state index contributed by atoms with van der Waals surface area (Å²) in [5.74, 6) is 0.0595. The summed E-state index contributed by atoms with van der Waals surface area (Å²) < 4.78 is 0. The van der Waals surface area contributed by atoms with E-state index in [-0.39, 0.29) is 11.4 Å². The molecular formula is C11H13N5OS. The van der Waals surface area contributed by atoms with Crippen LogP contribution in [-0.4, -0.2) is 20.9 Å². The van der Waals surface area contributed by atoms with Crippen LogP contribution >= 0.6 is 11.3 Å². The lowest BCUT2D eigenvalue weighted by Crippen LogP contribution is -2.18. The van der Waals surface area contributed by atoms with Gasteiger partial charge in [-0.1, -0.05) is 0 Å². The van der Waals surface area contributed by atoms with Gasteiger partial charge < -0.3 is 11.5 Å². The van der Waals surface area contributed by atoms with Gasteiger partial charge in [-0.3, -0.25) is 4.79 Å². The Hall–Kier alpha value is -2.02. The van der Waals surface area contributed by atoms with Crippen molar-refractivity contribution < 1.29 is 4.79 Å². The molecule has 2 aromatic rings.